The smallest absolute Gasteiger partial charge is 0.266 e. The van der Waals surface area contributed by atoms with Gasteiger partial charge in [-0.05, 0) is 55.7 Å². The highest BCUT2D eigenvalue weighted by molar-refractivity contribution is 5.93. The molecule has 0 aliphatic rings. The topological polar surface area (TPSA) is 65.4 Å². The molecule has 1 amide bonds. The van der Waals surface area contributed by atoms with E-state index < -0.39 is 6.10 Å². The Kier molecular flexibility index (Phi) is 5.99. The van der Waals surface area contributed by atoms with E-state index in [2.05, 4.69) is 10.4 Å². The molecular formula is C22H25N3O3. The fourth-order valence-electron chi connectivity index (χ4n) is 2.79. The lowest BCUT2D eigenvalue weighted by atomic mass is 10.1. The molecule has 1 aromatic heterocycles. The van der Waals surface area contributed by atoms with Gasteiger partial charge in [-0.2, -0.15) is 5.10 Å². The number of anilines is 1. The van der Waals surface area contributed by atoms with Crippen molar-refractivity contribution in [2.24, 2.45) is 0 Å². The van der Waals surface area contributed by atoms with Gasteiger partial charge in [-0.25, -0.2) is 4.68 Å². The number of rotatable bonds is 7. The molecule has 6 heteroatoms. The number of hydrogen-bond acceptors (Lipinski definition) is 4. The number of hydrogen-bond donors (Lipinski definition) is 1. The number of nitrogens with one attached hydrogen (secondary N) is 1. The summed E-state index contributed by atoms with van der Waals surface area (Å²) in [6.07, 6.45) is 1.03. The third-order valence-corrected chi connectivity index (χ3v) is 4.69. The summed E-state index contributed by atoms with van der Waals surface area (Å²) in [4.78, 5) is 12.6. The first-order valence-corrected chi connectivity index (χ1v) is 9.16. The molecule has 146 valence electrons. The molecule has 6 nitrogen and oxygen atoms in total. The number of benzene rings is 2. The standard InChI is InChI=1S/C22H25N3O3/c1-15-6-5-7-20(16(15)2)28-17(3)22(26)24-21-12-13-23-25(21)14-18-8-10-19(27-4)11-9-18/h5-13,17H,14H2,1-4H3,(H,24,26). The monoisotopic (exact) mass is 379 g/mol. The van der Waals surface area contributed by atoms with Crippen molar-refractivity contribution in [1.29, 1.82) is 0 Å². The van der Waals surface area contributed by atoms with Crippen LogP contribution in [0.15, 0.2) is 54.7 Å². The first kappa shape index (κ1) is 19.5. The fourth-order valence-corrected chi connectivity index (χ4v) is 2.79. The molecule has 1 N–H and O–H groups in total. The number of aryl methyl sites for hydroxylation is 1. The maximum Gasteiger partial charge on any atom is 0.266 e. The molecule has 0 radical (unpaired) electrons. The second-order valence-corrected chi connectivity index (χ2v) is 6.67. The van der Waals surface area contributed by atoms with Gasteiger partial charge in [-0.1, -0.05) is 24.3 Å². The Labute approximate surface area is 165 Å². The highest BCUT2D eigenvalue weighted by Crippen LogP contribution is 2.22. The van der Waals surface area contributed by atoms with Crippen LogP contribution in [0.3, 0.4) is 0 Å². The lowest BCUT2D eigenvalue weighted by molar-refractivity contribution is -0.122. The van der Waals surface area contributed by atoms with Gasteiger partial charge in [0, 0.05) is 6.07 Å². The van der Waals surface area contributed by atoms with Gasteiger partial charge in [-0.15, -0.1) is 0 Å². The van der Waals surface area contributed by atoms with E-state index in [-0.39, 0.29) is 5.91 Å². The molecule has 0 aliphatic heterocycles. The molecule has 0 fully saturated rings. The maximum atomic E-state index is 12.6. The van der Waals surface area contributed by atoms with Crippen molar-refractivity contribution >= 4 is 11.7 Å². The van der Waals surface area contributed by atoms with E-state index in [1.807, 2.05) is 56.3 Å². The second-order valence-electron chi connectivity index (χ2n) is 6.67. The minimum absolute atomic E-state index is 0.225. The molecule has 0 spiro atoms. The van der Waals surface area contributed by atoms with Crippen LogP contribution in [0.5, 0.6) is 11.5 Å². The Hall–Kier alpha value is -3.28. The summed E-state index contributed by atoms with van der Waals surface area (Å²) in [5.74, 6) is 1.92. The van der Waals surface area contributed by atoms with Crippen LogP contribution in [-0.4, -0.2) is 28.9 Å². The summed E-state index contributed by atoms with van der Waals surface area (Å²) in [5, 5.41) is 7.21. The van der Waals surface area contributed by atoms with Crippen LogP contribution in [0.4, 0.5) is 5.82 Å². The molecule has 3 aromatic rings. The Balaban J connectivity index is 1.65. The Morgan fingerprint density at radius 3 is 2.61 bits per heavy atom. The van der Waals surface area contributed by atoms with E-state index in [9.17, 15) is 4.79 Å². The van der Waals surface area contributed by atoms with Gasteiger partial charge in [0.1, 0.15) is 17.3 Å². The zero-order chi connectivity index (χ0) is 20.1. The minimum Gasteiger partial charge on any atom is -0.497 e. The summed E-state index contributed by atoms with van der Waals surface area (Å²) in [6, 6.07) is 15.3. The highest BCUT2D eigenvalue weighted by Gasteiger charge is 2.18. The van der Waals surface area contributed by atoms with Gasteiger partial charge < -0.3 is 14.8 Å². The van der Waals surface area contributed by atoms with Gasteiger partial charge in [-0.3, -0.25) is 4.79 Å². The van der Waals surface area contributed by atoms with Crippen molar-refractivity contribution in [2.45, 2.75) is 33.4 Å². The number of ether oxygens (including phenoxy) is 2. The van der Waals surface area contributed by atoms with Crippen molar-refractivity contribution in [1.82, 2.24) is 9.78 Å². The number of nitrogens with zero attached hydrogens (tertiary/aromatic N) is 2. The molecule has 1 atom stereocenters. The SMILES string of the molecule is COc1ccc(Cn2nccc2NC(=O)C(C)Oc2cccc(C)c2C)cc1. The van der Waals surface area contributed by atoms with Gasteiger partial charge in [0.05, 0.1) is 19.9 Å². The zero-order valence-electron chi connectivity index (χ0n) is 16.6. The largest absolute Gasteiger partial charge is 0.497 e. The van der Waals surface area contributed by atoms with E-state index in [1.165, 1.54) is 0 Å². The Bertz CT molecular complexity index is 948. The molecule has 2 aromatic carbocycles. The zero-order valence-corrected chi connectivity index (χ0v) is 16.6. The van der Waals surface area contributed by atoms with Crippen LogP contribution < -0.4 is 14.8 Å². The minimum atomic E-state index is -0.634. The van der Waals surface area contributed by atoms with Crippen molar-refractivity contribution in [3.8, 4) is 11.5 Å². The van der Waals surface area contributed by atoms with Crippen molar-refractivity contribution < 1.29 is 14.3 Å². The highest BCUT2D eigenvalue weighted by atomic mass is 16.5. The third kappa shape index (κ3) is 4.52. The average molecular weight is 379 g/mol. The number of aromatic nitrogens is 2. The van der Waals surface area contributed by atoms with Gasteiger partial charge in [0.2, 0.25) is 0 Å². The van der Waals surface area contributed by atoms with Crippen LogP contribution in [0.25, 0.3) is 0 Å². The van der Waals surface area contributed by atoms with Crippen molar-refractivity contribution in [2.75, 3.05) is 12.4 Å². The van der Waals surface area contributed by atoms with Gasteiger partial charge in [0.25, 0.3) is 5.91 Å². The molecule has 0 saturated carbocycles. The summed E-state index contributed by atoms with van der Waals surface area (Å²) in [7, 11) is 1.64. The van der Waals surface area contributed by atoms with Crippen LogP contribution in [0.2, 0.25) is 0 Å². The average Bonchev–Trinajstić information content (AvgIpc) is 3.12. The Morgan fingerprint density at radius 1 is 1.14 bits per heavy atom. The maximum absolute atomic E-state index is 12.6. The van der Waals surface area contributed by atoms with E-state index in [0.717, 1.165) is 28.2 Å². The van der Waals surface area contributed by atoms with E-state index in [1.54, 1.807) is 31.0 Å². The Morgan fingerprint density at radius 2 is 1.89 bits per heavy atom. The van der Waals surface area contributed by atoms with Crippen LogP contribution >= 0.6 is 0 Å². The van der Waals surface area contributed by atoms with Crippen molar-refractivity contribution in [3.05, 3.63) is 71.4 Å². The number of amides is 1. The molecule has 1 unspecified atom stereocenters. The lowest BCUT2D eigenvalue weighted by Crippen LogP contribution is -2.31. The van der Waals surface area contributed by atoms with Crippen LogP contribution in [0, 0.1) is 13.8 Å². The molecular weight excluding hydrogens is 354 g/mol. The van der Waals surface area contributed by atoms with Crippen LogP contribution in [-0.2, 0) is 11.3 Å². The number of carbonyl (C=O) groups is 1. The summed E-state index contributed by atoms with van der Waals surface area (Å²) < 4.78 is 12.8. The van der Waals surface area contributed by atoms with E-state index >= 15 is 0 Å². The third-order valence-electron chi connectivity index (χ3n) is 4.69. The summed E-state index contributed by atoms with van der Waals surface area (Å²) in [6.45, 7) is 6.28. The molecule has 28 heavy (non-hydrogen) atoms. The quantitative estimate of drug-likeness (QED) is 0.675. The van der Waals surface area contributed by atoms with Crippen molar-refractivity contribution in [3.63, 3.8) is 0 Å². The molecule has 0 aliphatic carbocycles. The fraction of sp³-hybridized carbons (Fsp3) is 0.273. The molecule has 3 rings (SSSR count). The van der Waals surface area contributed by atoms with E-state index in [4.69, 9.17) is 9.47 Å². The summed E-state index contributed by atoms with van der Waals surface area (Å²) >= 11 is 0. The number of carbonyl (C=O) groups excluding carboxylic acids is 1. The first-order valence-electron chi connectivity index (χ1n) is 9.16. The predicted molar refractivity (Wildman–Crippen MR) is 109 cm³/mol. The van der Waals surface area contributed by atoms with Gasteiger partial charge in [0.15, 0.2) is 6.10 Å². The molecule has 1 heterocycles. The van der Waals surface area contributed by atoms with Gasteiger partial charge >= 0.3 is 0 Å². The normalized spacial score (nSPS) is 11.7. The molecule has 0 bridgehead atoms. The first-order chi connectivity index (χ1) is 13.5. The van der Waals surface area contributed by atoms with Crippen LogP contribution in [0.1, 0.15) is 23.6 Å². The van der Waals surface area contributed by atoms with E-state index in [0.29, 0.717) is 12.4 Å². The second kappa shape index (κ2) is 8.61. The lowest BCUT2D eigenvalue weighted by Gasteiger charge is -2.17. The summed E-state index contributed by atoms with van der Waals surface area (Å²) in [5.41, 5.74) is 3.22. The molecule has 0 saturated heterocycles. The predicted octanol–water partition coefficient (Wildman–Crippen LogP) is 3.96. The number of methoxy groups -OCH3 is 1.